The van der Waals surface area contributed by atoms with Gasteiger partial charge in [-0.25, -0.2) is 5.43 Å². The number of nitrogens with zero attached hydrogens (tertiary/aromatic N) is 2. The largest absolute Gasteiger partial charge is 0.493 e. The first kappa shape index (κ1) is 19.1. The highest BCUT2D eigenvalue weighted by Gasteiger charge is 2.18. The SMILES string of the molecule is COc1cc(/C=N\NC(=O)CSc2cccc3cccnc23)cc2c1OCCO2. The lowest BCUT2D eigenvalue weighted by atomic mass is 10.2. The number of rotatable bonds is 6. The van der Waals surface area contributed by atoms with Crippen LogP contribution in [-0.4, -0.2) is 43.2 Å². The standard InChI is InChI=1S/C21H19N3O4S/c1-26-16-10-14(11-17-21(16)28-9-8-27-17)12-23-24-19(25)13-29-18-6-2-4-15-5-3-7-22-20(15)18/h2-7,10-12H,8-9,13H2,1H3,(H,24,25)/b23-12-. The average molecular weight is 409 g/mol. The molecule has 0 spiro atoms. The van der Waals surface area contributed by atoms with Crippen LogP contribution in [0.3, 0.4) is 0 Å². The number of pyridine rings is 1. The van der Waals surface area contributed by atoms with Crippen LogP contribution < -0.4 is 19.6 Å². The van der Waals surface area contributed by atoms with Crippen LogP contribution >= 0.6 is 11.8 Å². The average Bonchev–Trinajstić information content (AvgIpc) is 2.77. The number of carbonyl (C=O) groups excluding carboxylic acids is 1. The van der Waals surface area contributed by atoms with E-state index in [2.05, 4.69) is 15.5 Å². The lowest BCUT2D eigenvalue weighted by Crippen LogP contribution is -2.19. The van der Waals surface area contributed by atoms with Crippen LogP contribution in [0.25, 0.3) is 10.9 Å². The van der Waals surface area contributed by atoms with E-state index < -0.39 is 0 Å². The van der Waals surface area contributed by atoms with Crippen molar-refractivity contribution in [1.29, 1.82) is 0 Å². The first-order valence-electron chi connectivity index (χ1n) is 9.00. The van der Waals surface area contributed by atoms with Gasteiger partial charge in [-0.2, -0.15) is 5.10 Å². The van der Waals surface area contributed by atoms with Crippen LogP contribution in [-0.2, 0) is 4.79 Å². The number of hydrogen-bond acceptors (Lipinski definition) is 7. The third-order valence-electron chi connectivity index (χ3n) is 4.21. The third-order valence-corrected chi connectivity index (χ3v) is 5.25. The predicted octanol–water partition coefficient (Wildman–Crippen LogP) is 3.26. The lowest BCUT2D eigenvalue weighted by Gasteiger charge is -2.20. The number of para-hydroxylation sites is 1. The molecule has 1 aliphatic heterocycles. The van der Waals surface area contributed by atoms with Gasteiger partial charge < -0.3 is 14.2 Å². The minimum atomic E-state index is -0.205. The number of carbonyl (C=O) groups is 1. The van der Waals surface area contributed by atoms with Gasteiger partial charge in [0.2, 0.25) is 11.7 Å². The minimum absolute atomic E-state index is 0.205. The number of hydrazone groups is 1. The molecule has 2 heterocycles. The molecule has 1 aromatic heterocycles. The summed E-state index contributed by atoms with van der Waals surface area (Å²) < 4.78 is 16.5. The highest BCUT2D eigenvalue weighted by Crippen LogP contribution is 2.40. The number of hydrogen-bond donors (Lipinski definition) is 1. The Morgan fingerprint density at radius 3 is 3.03 bits per heavy atom. The molecule has 0 bridgehead atoms. The summed E-state index contributed by atoms with van der Waals surface area (Å²) in [5.41, 5.74) is 4.17. The normalized spacial score (nSPS) is 12.9. The van der Waals surface area contributed by atoms with Gasteiger partial charge in [-0.15, -0.1) is 11.8 Å². The summed E-state index contributed by atoms with van der Waals surface area (Å²) in [6.07, 6.45) is 3.29. The van der Waals surface area contributed by atoms with Crippen LogP contribution in [0, 0.1) is 0 Å². The molecule has 29 heavy (non-hydrogen) atoms. The summed E-state index contributed by atoms with van der Waals surface area (Å²) in [4.78, 5) is 17.5. The molecule has 1 N–H and O–H groups in total. The Hall–Kier alpha value is -3.26. The van der Waals surface area contributed by atoms with Crippen LogP contribution in [0.5, 0.6) is 17.2 Å². The van der Waals surface area contributed by atoms with Crippen molar-refractivity contribution in [2.24, 2.45) is 5.10 Å². The van der Waals surface area contributed by atoms with Crippen molar-refractivity contribution in [3.05, 3.63) is 54.2 Å². The number of fused-ring (bicyclic) bond motifs is 2. The maximum Gasteiger partial charge on any atom is 0.250 e. The Morgan fingerprint density at radius 1 is 1.28 bits per heavy atom. The maximum absolute atomic E-state index is 12.2. The van der Waals surface area contributed by atoms with Crippen molar-refractivity contribution in [1.82, 2.24) is 10.4 Å². The van der Waals surface area contributed by atoms with Crippen LogP contribution in [0.4, 0.5) is 0 Å². The number of nitrogens with one attached hydrogen (secondary N) is 1. The van der Waals surface area contributed by atoms with Gasteiger partial charge in [0.05, 0.1) is 24.6 Å². The fourth-order valence-corrected chi connectivity index (χ4v) is 3.75. The molecule has 0 aliphatic carbocycles. The Labute approximate surface area is 172 Å². The first-order valence-corrected chi connectivity index (χ1v) is 9.99. The summed E-state index contributed by atoms with van der Waals surface area (Å²) >= 11 is 1.42. The van der Waals surface area contributed by atoms with Gasteiger partial charge in [-0.3, -0.25) is 9.78 Å². The van der Waals surface area contributed by atoms with Gasteiger partial charge in [0.25, 0.3) is 0 Å². The van der Waals surface area contributed by atoms with Crippen molar-refractivity contribution >= 4 is 34.8 Å². The summed E-state index contributed by atoms with van der Waals surface area (Å²) in [5.74, 6) is 1.78. The van der Waals surface area contributed by atoms with Crippen molar-refractivity contribution in [3.63, 3.8) is 0 Å². The van der Waals surface area contributed by atoms with Gasteiger partial charge in [0.15, 0.2) is 11.5 Å². The molecule has 0 saturated carbocycles. The van der Waals surface area contributed by atoms with Crippen molar-refractivity contribution < 1.29 is 19.0 Å². The van der Waals surface area contributed by atoms with Crippen LogP contribution in [0.1, 0.15) is 5.56 Å². The number of ether oxygens (including phenoxy) is 3. The van der Waals surface area contributed by atoms with Gasteiger partial charge >= 0.3 is 0 Å². The van der Waals surface area contributed by atoms with Gasteiger partial charge in [0, 0.05) is 22.0 Å². The molecule has 0 saturated heterocycles. The van der Waals surface area contributed by atoms with Crippen LogP contribution in [0.15, 0.2) is 58.7 Å². The van der Waals surface area contributed by atoms with Crippen molar-refractivity contribution in [2.75, 3.05) is 26.1 Å². The highest BCUT2D eigenvalue weighted by molar-refractivity contribution is 8.00. The molecule has 0 fully saturated rings. The van der Waals surface area contributed by atoms with Gasteiger partial charge in [-0.1, -0.05) is 18.2 Å². The quantitative estimate of drug-likeness (QED) is 0.382. The Kier molecular flexibility index (Phi) is 5.81. The molecule has 0 radical (unpaired) electrons. The van der Waals surface area contributed by atoms with E-state index in [1.807, 2.05) is 30.3 Å². The fraction of sp³-hybridized carbons (Fsp3) is 0.190. The summed E-state index contributed by atoms with van der Waals surface area (Å²) in [7, 11) is 1.57. The summed E-state index contributed by atoms with van der Waals surface area (Å²) in [6.45, 7) is 0.963. The number of amides is 1. The van der Waals surface area contributed by atoms with E-state index in [1.54, 1.807) is 31.7 Å². The van der Waals surface area contributed by atoms with Gasteiger partial charge in [-0.05, 0) is 24.3 Å². The smallest absolute Gasteiger partial charge is 0.250 e. The predicted molar refractivity (Wildman–Crippen MR) is 112 cm³/mol. The second-order valence-electron chi connectivity index (χ2n) is 6.16. The topological polar surface area (TPSA) is 82.0 Å². The number of thioether (sulfide) groups is 1. The molecule has 148 valence electrons. The second-order valence-corrected chi connectivity index (χ2v) is 7.18. The van der Waals surface area contributed by atoms with E-state index in [9.17, 15) is 4.79 Å². The maximum atomic E-state index is 12.2. The zero-order valence-corrected chi connectivity index (χ0v) is 16.6. The molecule has 7 nitrogen and oxygen atoms in total. The zero-order valence-electron chi connectivity index (χ0n) is 15.8. The van der Waals surface area contributed by atoms with Crippen molar-refractivity contribution in [2.45, 2.75) is 4.90 Å². The summed E-state index contributed by atoms with van der Waals surface area (Å²) in [6, 6.07) is 13.4. The molecule has 1 aliphatic rings. The molecule has 1 amide bonds. The van der Waals surface area contributed by atoms with E-state index in [1.165, 1.54) is 11.8 Å². The van der Waals surface area contributed by atoms with Crippen LogP contribution in [0.2, 0.25) is 0 Å². The third kappa shape index (κ3) is 4.43. The minimum Gasteiger partial charge on any atom is -0.493 e. The monoisotopic (exact) mass is 409 g/mol. The van der Waals surface area contributed by atoms with Gasteiger partial charge in [0.1, 0.15) is 13.2 Å². The van der Waals surface area contributed by atoms with E-state index in [0.717, 1.165) is 21.4 Å². The van der Waals surface area contributed by atoms with E-state index in [4.69, 9.17) is 14.2 Å². The molecule has 0 atom stereocenters. The van der Waals surface area contributed by atoms with E-state index >= 15 is 0 Å². The number of methoxy groups -OCH3 is 1. The van der Waals surface area contributed by atoms with Crippen molar-refractivity contribution in [3.8, 4) is 17.2 Å². The molecule has 8 heteroatoms. The molecule has 3 aromatic rings. The Morgan fingerprint density at radius 2 is 2.14 bits per heavy atom. The molecule has 4 rings (SSSR count). The molecule has 2 aromatic carbocycles. The summed E-state index contributed by atoms with van der Waals surface area (Å²) in [5, 5.41) is 5.08. The Balaban J connectivity index is 1.38. The number of benzene rings is 2. The van der Waals surface area contributed by atoms with E-state index in [-0.39, 0.29) is 11.7 Å². The van der Waals surface area contributed by atoms with E-state index in [0.29, 0.717) is 30.5 Å². The number of aromatic nitrogens is 1. The highest BCUT2D eigenvalue weighted by atomic mass is 32.2. The zero-order chi connectivity index (χ0) is 20.1. The second kappa shape index (κ2) is 8.83. The molecular formula is C21H19N3O4S. The first-order chi connectivity index (χ1) is 14.2. The molecule has 0 unspecified atom stereocenters. The molecular weight excluding hydrogens is 390 g/mol. The lowest BCUT2D eigenvalue weighted by molar-refractivity contribution is -0.118. The Bertz CT molecular complexity index is 1050. The fourth-order valence-electron chi connectivity index (χ4n) is 2.91.